The Labute approximate surface area is 431 Å². The molecule has 2 aliphatic carbocycles. The lowest BCUT2D eigenvalue weighted by Gasteiger charge is -2.40. The van der Waals surface area contributed by atoms with Crippen molar-refractivity contribution in [3.63, 3.8) is 0 Å². The highest BCUT2D eigenvalue weighted by atomic mass is 32.2. The second kappa shape index (κ2) is 15.3. The molecule has 0 saturated carbocycles. The van der Waals surface area contributed by atoms with E-state index in [1.807, 2.05) is 34.9 Å². The normalized spacial score (nSPS) is 14.5. The third-order valence-corrected chi connectivity index (χ3v) is 19.5. The van der Waals surface area contributed by atoms with Crippen LogP contribution >= 0.6 is 34.9 Å². The molecule has 12 aromatic rings. The van der Waals surface area contributed by atoms with Crippen molar-refractivity contribution in [2.24, 2.45) is 0 Å². The average molecular weight is 968 g/mol. The van der Waals surface area contributed by atoms with E-state index in [0.717, 1.165) is 17.1 Å². The zero-order valence-electron chi connectivity index (χ0n) is 38.8. The molecule has 3 heterocycles. The minimum atomic E-state index is -0.444. The monoisotopic (exact) mass is 967 g/mol. The lowest BCUT2D eigenvalue weighted by molar-refractivity contribution is 0.722. The smallest absolute Gasteiger partial charge is 0.0735 e. The molecule has 0 N–H and O–H groups in total. The number of nitrogens with zero attached hydrogens (tertiary/aromatic N) is 1. The Kier molecular flexibility index (Phi) is 8.69. The van der Waals surface area contributed by atoms with Gasteiger partial charge >= 0.3 is 0 Å². The molecule has 0 fully saturated rings. The Hall–Kier alpha value is -7.86. The largest absolute Gasteiger partial charge is 0.310 e. The van der Waals surface area contributed by atoms with E-state index in [-0.39, 0.29) is 0 Å². The number of anilines is 3. The first-order valence-electron chi connectivity index (χ1n) is 24.7. The van der Waals surface area contributed by atoms with Crippen LogP contribution < -0.4 is 4.90 Å². The zero-order chi connectivity index (χ0) is 47.1. The summed E-state index contributed by atoms with van der Waals surface area (Å²) in [5.74, 6) is 0. The molecular weight excluding hydrogens is 927 g/mol. The summed E-state index contributed by atoms with van der Waals surface area (Å²) in [6, 6.07) is 94.2. The van der Waals surface area contributed by atoms with E-state index >= 15 is 0 Å². The predicted molar refractivity (Wildman–Crippen MR) is 302 cm³/mol. The molecule has 1 nitrogen and oxygen atoms in total. The SMILES string of the molecule is c1ccc2c(c1)Sc1ccccc1C21c2ccccc2-c2cc(N(c3ccc(-c4ccc5sc6ccccc6c5c4)cc3)c3ccc4c(c3)-c3ccccc3C43c4ccccc4Sc4ccccc43)ccc21. The first kappa shape index (κ1) is 40.8. The van der Waals surface area contributed by atoms with Crippen molar-refractivity contribution >= 4 is 72.1 Å². The highest BCUT2D eigenvalue weighted by Crippen LogP contribution is 2.65. The van der Waals surface area contributed by atoms with Crippen molar-refractivity contribution in [2.75, 3.05) is 4.90 Å². The third-order valence-electron chi connectivity index (χ3n) is 16.0. The minimum absolute atomic E-state index is 0.444. The molecule has 0 saturated heterocycles. The maximum absolute atomic E-state index is 2.50. The van der Waals surface area contributed by atoms with E-state index in [1.165, 1.54) is 118 Å². The van der Waals surface area contributed by atoms with Gasteiger partial charge in [0.1, 0.15) is 0 Å². The van der Waals surface area contributed by atoms with Crippen molar-refractivity contribution < 1.29 is 0 Å². The molecule has 0 radical (unpaired) electrons. The summed E-state index contributed by atoms with van der Waals surface area (Å²) in [5.41, 5.74) is 20.8. The minimum Gasteiger partial charge on any atom is -0.310 e. The Morgan fingerprint density at radius 2 is 0.653 bits per heavy atom. The Balaban J connectivity index is 0.915. The quantitative estimate of drug-likeness (QED) is 0.173. The van der Waals surface area contributed by atoms with Crippen LogP contribution in [0.1, 0.15) is 44.5 Å². The van der Waals surface area contributed by atoms with Crippen LogP contribution in [0.25, 0.3) is 53.6 Å². The summed E-state index contributed by atoms with van der Waals surface area (Å²) >= 11 is 5.65. The Morgan fingerprint density at radius 3 is 1.17 bits per heavy atom. The van der Waals surface area contributed by atoms with Gasteiger partial charge in [0.2, 0.25) is 0 Å². The van der Waals surface area contributed by atoms with Gasteiger partial charge < -0.3 is 4.90 Å². The zero-order valence-corrected chi connectivity index (χ0v) is 41.3. The van der Waals surface area contributed by atoms with Crippen LogP contribution in [0.2, 0.25) is 0 Å². The van der Waals surface area contributed by atoms with Gasteiger partial charge in [0.15, 0.2) is 0 Å². The number of hydrogen-bond acceptors (Lipinski definition) is 4. The van der Waals surface area contributed by atoms with E-state index in [2.05, 4.69) is 254 Å². The van der Waals surface area contributed by atoms with E-state index in [1.54, 1.807) is 0 Å². The van der Waals surface area contributed by atoms with Crippen molar-refractivity contribution in [2.45, 2.75) is 30.4 Å². The number of thiophene rings is 1. The van der Waals surface area contributed by atoms with E-state index in [9.17, 15) is 0 Å². The standard InChI is InChI=1S/C68H41NS3/c1-4-18-53-47(15-1)50-40-45(34-36-55(50)67(53)57-20-6-11-25-63(57)71-64-26-12-7-21-58(64)67)69(44-32-29-42(30-33-44)43-31-38-62-52(39-43)49-17-3-10-24-61(49)70-62)46-35-37-56-51(41-46)48-16-2-5-19-54(48)68(56)59-22-8-13-27-65(59)72-66-28-14-9-23-60(66)68/h1-41H. The highest BCUT2D eigenvalue weighted by Gasteiger charge is 2.52. The Bertz CT molecular complexity index is 3970. The summed E-state index contributed by atoms with van der Waals surface area (Å²) in [7, 11) is 0. The van der Waals surface area contributed by atoms with Crippen molar-refractivity contribution in [1.82, 2.24) is 0 Å². The van der Waals surface area contributed by atoms with Gasteiger partial charge in [-0.2, -0.15) is 0 Å². The maximum Gasteiger partial charge on any atom is 0.0735 e. The van der Waals surface area contributed by atoms with Crippen LogP contribution in [0.3, 0.4) is 0 Å². The maximum atomic E-state index is 2.50. The summed E-state index contributed by atoms with van der Waals surface area (Å²) in [6.45, 7) is 0. The van der Waals surface area contributed by atoms with E-state index in [0.29, 0.717) is 0 Å². The third kappa shape index (κ3) is 5.47. The first-order valence-corrected chi connectivity index (χ1v) is 27.2. The lowest BCUT2D eigenvalue weighted by atomic mass is 9.67. The molecular formula is C68H41NS3. The summed E-state index contributed by atoms with van der Waals surface area (Å²) in [6.07, 6.45) is 0. The lowest BCUT2D eigenvalue weighted by Crippen LogP contribution is -2.32. The second-order valence-corrected chi connectivity index (χ2v) is 22.7. The molecule has 0 amide bonds. The molecule has 336 valence electrons. The van der Waals surface area contributed by atoms with Crippen LogP contribution in [0.4, 0.5) is 17.1 Å². The van der Waals surface area contributed by atoms with Crippen molar-refractivity contribution in [3.8, 4) is 33.4 Å². The van der Waals surface area contributed by atoms with Crippen LogP contribution in [0, 0.1) is 0 Å². The molecule has 4 aliphatic rings. The molecule has 0 unspecified atom stereocenters. The van der Waals surface area contributed by atoms with Gasteiger partial charge in [-0.15, -0.1) is 11.3 Å². The van der Waals surface area contributed by atoms with Gasteiger partial charge in [-0.05, 0) is 157 Å². The summed E-state index contributed by atoms with van der Waals surface area (Å²) in [5, 5.41) is 2.63. The number of fused-ring (bicyclic) bond motifs is 21. The molecule has 1 aromatic heterocycles. The van der Waals surface area contributed by atoms with Gasteiger partial charge in [-0.3, -0.25) is 0 Å². The molecule has 2 spiro atoms. The van der Waals surface area contributed by atoms with Gasteiger partial charge in [-0.1, -0.05) is 193 Å². The molecule has 0 atom stereocenters. The molecule has 2 aliphatic heterocycles. The fourth-order valence-corrected chi connectivity index (χ4v) is 16.6. The number of hydrogen-bond donors (Lipinski definition) is 0. The molecule has 0 bridgehead atoms. The van der Waals surface area contributed by atoms with Crippen LogP contribution in [-0.2, 0) is 10.8 Å². The molecule has 16 rings (SSSR count). The Morgan fingerprint density at radius 1 is 0.264 bits per heavy atom. The van der Waals surface area contributed by atoms with Crippen LogP contribution in [0.15, 0.2) is 268 Å². The highest BCUT2D eigenvalue weighted by molar-refractivity contribution is 7.99. The van der Waals surface area contributed by atoms with Gasteiger partial charge in [-0.25, -0.2) is 0 Å². The topological polar surface area (TPSA) is 3.24 Å². The van der Waals surface area contributed by atoms with Gasteiger partial charge in [0.05, 0.1) is 10.8 Å². The van der Waals surface area contributed by atoms with Crippen molar-refractivity contribution in [3.05, 3.63) is 293 Å². The van der Waals surface area contributed by atoms with Crippen molar-refractivity contribution in [1.29, 1.82) is 0 Å². The van der Waals surface area contributed by atoms with Crippen LogP contribution in [-0.4, -0.2) is 0 Å². The van der Waals surface area contributed by atoms with E-state index < -0.39 is 10.8 Å². The fraction of sp³-hybridized carbons (Fsp3) is 0.0294. The fourth-order valence-electron chi connectivity index (χ4n) is 13.1. The molecule has 11 aromatic carbocycles. The van der Waals surface area contributed by atoms with Gasteiger partial charge in [0.25, 0.3) is 0 Å². The molecule has 72 heavy (non-hydrogen) atoms. The summed E-state index contributed by atoms with van der Waals surface area (Å²) < 4.78 is 2.65. The predicted octanol–water partition coefficient (Wildman–Crippen LogP) is 18.8. The van der Waals surface area contributed by atoms with Gasteiger partial charge in [0, 0.05) is 56.8 Å². The van der Waals surface area contributed by atoms with E-state index in [4.69, 9.17) is 0 Å². The van der Waals surface area contributed by atoms with Crippen LogP contribution in [0.5, 0.6) is 0 Å². The average Bonchev–Trinajstić information content (AvgIpc) is 4.06. The number of rotatable bonds is 4. The first-order chi connectivity index (χ1) is 35.7. The number of benzene rings is 11. The second-order valence-electron chi connectivity index (χ2n) is 19.4. The summed E-state index contributed by atoms with van der Waals surface area (Å²) in [4.78, 5) is 7.75. The molecule has 4 heteroatoms.